The fourth-order valence-electron chi connectivity index (χ4n) is 0.989. The minimum absolute atomic E-state index is 0.0488. The highest BCUT2D eigenvalue weighted by Gasteiger charge is 2.03. The van der Waals surface area contributed by atoms with Crippen molar-refractivity contribution in [2.45, 2.75) is 0 Å². The number of ketones is 1. The Morgan fingerprint density at radius 1 is 1.27 bits per heavy atom. The van der Waals surface area contributed by atoms with Crippen LogP contribution in [0.3, 0.4) is 0 Å². The van der Waals surface area contributed by atoms with E-state index in [1.807, 2.05) is 6.07 Å². The lowest BCUT2D eigenvalue weighted by atomic mass is 10.1. The molecule has 0 unspecified atom stereocenters. The van der Waals surface area contributed by atoms with Crippen LogP contribution in [0.15, 0.2) is 30.3 Å². The van der Waals surface area contributed by atoms with Gasteiger partial charge in [0.05, 0.1) is 6.54 Å². The standard InChI is InChI=1S/C9H11NO4S/c11-9(6-10-7-14-15(12)13)8-4-2-1-3-5-8/h1-5,10,15H,6-7H2. The molecule has 0 amide bonds. The Labute approximate surface area is 89.2 Å². The molecule has 0 aliphatic carbocycles. The van der Waals surface area contributed by atoms with Crippen LogP contribution >= 0.6 is 0 Å². The lowest BCUT2D eigenvalue weighted by Gasteiger charge is -2.01. The smallest absolute Gasteiger partial charge is 0.258 e. The summed E-state index contributed by atoms with van der Waals surface area (Å²) in [5, 5.41) is 2.56. The second-order valence-corrected chi connectivity index (χ2v) is 3.42. The lowest BCUT2D eigenvalue weighted by molar-refractivity contribution is 0.0982. The van der Waals surface area contributed by atoms with Gasteiger partial charge in [-0.05, 0) is 0 Å². The summed E-state index contributed by atoms with van der Waals surface area (Å²) in [6.45, 7) is -0.134. The summed E-state index contributed by atoms with van der Waals surface area (Å²) in [7, 11) is -2.86. The Morgan fingerprint density at radius 3 is 2.53 bits per heavy atom. The van der Waals surface area contributed by atoms with Gasteiger partial charge in [0, 0.05) is 5.56 Å². The van der Waals surface area contributed by atoms with E-state index in [1.165, 1.54) is 0 Å². The highest BCUT2D eigenvalue weighted by molar-refractivity contribution is 7.67. The summed E-state index contributed by atoms with van der Waals surface area (Å²) in [4.78, 5) is 11.4. The molecule has 0 aromatic heterocycles. The molecule has 15 heavy (non-hydrogen) atoms. The molecule has 1 N–H and O–H groups in total. The first-order valence-corrected chi connectivity index (χ1v) is 5.36. The largest absolute Gasteiger partial charge is 0.293 e. The molecule has 0 fully saturated rings. The van der Waals surface area contributed by atoms with Crippen LogP contribution in [0.25, 0.3) is 0 Å². The topological polar surface area (TPSA) is 72.5 Å². The van der Waals surface area contributed by atoms with Gasteiger partial charge in [0.25, 0.3) is 11.0 Å². The lowest BCUT2D eigenvalue weighted by Crippen LogP contribution is -2.25. The zero-order valence-corrected chi connectivity index (χ0v) is 8.78. The Kier molecular flexibility index (Phi) is 4.96. The quantitative estimate of drug-likeness (QED) is 0.310. The van der Waals surface area contributed by atoms with Crippen LogP contribution in [0.2, 0.25) is 0 Å². The van der Waals surface area contributed by atoms with Crippen molar-refractivity contribution < 1.29 is 17.4 Å². The number of carbonyl (C=O) groups is 1. The van der Waals surface area contributed by atoms with Crippen LogP contribution < -0.4 is 5.32 Å². The highest BCUT2D eigenvalue weighted by atomic mass is 32.2. The number of nitrogens with one attached hydrogen (secondary N) is 1. The summed E-state index contributed by atoms with van der Waals surface area (Å²) in [5.41, 5.74) is 0.580. The number of Topliss-reactive ketones (excluding diaryl/α,β-unsaturated/α-hetero) is 1. The molecule has 0 aliphatic rings. The number of benzene rings is 1. The van der Waals surface area contributed by atoms with Crippen LogP contribution in [-0.2, 0) is 15.2 Å². The van der Waals surface area contributed by atoms with E-state index < -0.39 is 11.0 Å². The van der Waals surface area contributed by atoms with Gasteiger partial charge < -0.3 is 0 Å². The van der Waals surface area contributed by atoms with E-state index in [1.54, 1.807) is 24.3 Å². The van der Waals surface area contributed by atoms with Gasteiger partial charge in [-0.1, -0.05) is 30.3 Å². The third-order valence-electron chi connectivity index (χ3n) is 1.65. The highest BCUT2D eigenvalue weighted by Crippen LogP contribution is 1.98. The van der Waals surface area contributed by atoms with Gasteiger partial charge in [0.15, 0.2) is 5.78 Å². The van der Waals surface area contributed by atoms with Crippen molar-refractivity contribution in [1.82, 2.24) is 5.32 Å². The molecule has 0 atom stereocenters. The van der Waals surface area contributed by atoms with Crippen LogP contribution in [0.5, 0.6) is 0 Å². The summed E-state index contributed by atoms with van der Waals surface area (Å²) in [6.07, 6.45) is 0. The molecular weight excluding hydrogens is 218 g/mol. The monoisotopic (exact) mass is 229 g/mol. The maximum Gasteiger partial charge on any atom is 0.258 e. The molecule has 1 aromatic carbocycles. The molecule has 1 aromatic rings. The van der Waals surface area contributed by atoms with Crippen molar-refractivity contribution in [3.8, 4) is 0 Å². The Balaban J connectivity index is 2.31. The van der Waals surface area contributed by atoms with Crippen LogP contribution in [0.1, 0.15) is 10.4 Å². The molecular formula is C9H11NO4S. The van der Waals surface area contributed by atoms with Gasteiger partial charge in [-0.3, -0.25) is 14.3 Å². The molecule has 6 heteroatoms. The first-order valence-electron chi connectivity index (χ1n) is 4.26. The molecule has 0 aliphatic heterocycles. The molecule has 0 radical (unpaired) electrons. The van der Waals surface area contributed by atoms with Crippen LogP contribution in [0, 0.1) is 0 Å². The molecule has 1 rings (SSSR count). The van der Waals surface area contributed by atoms with Crippen molar-refractivity contribution in [2.24, 2.45) is 0 Å². The number of hydrogen-bond acceptors (Lipinski definition) is 5. The Morgan fingerprint density at radius 2 is 1.93 bits per heavy atom. The van der Waals surface area contributed by atoms with E-state index in [0.717, 1.165) is 0 Å². The molecule has 5 nitrogen and oxygen atoms in total. The van der Waals surface area contributed by atoms with E-state index in [0.29, 0.717) is 5.56 Å². The molecule has 0 bridgehead atoms. The minimum Gasteiger partial charge on any atom is -0.293 e. The molecule has 82 valence electrons. The van der Waals surface area contributed by atoms with E-state index in [-0.39, 0.29) is 19.1 Å². The van der Waals surface area contributed by atoms with Crippen LogP contribution in [-0.4, -0.2) is 27.5 Å². The maximum absolute atomic E-state index is 11.4. The van der Waals surface area contributed by atoms with Crippen molar-refractivity contribution in [1.29, 1.82) is 0 Å². The number of carbonyl (C=O) groups excluding carboxylic acids is 1. The van der Waals surface area contributed by atoms with E-state index in [4.69, 9.17) is 0 Å². The van der Waals surface area contributed by atoms with Gasteiger partial charge in [-0.2, -0.15) is 0 Å². The van der Waals surface area contributed by atoms with Crippen molar-refractivity contribution in [2.75, 3.05) is 13.3 Å². The van der Waals surface area contributed by atoms with Gasteiger partial charge in [-0.15, -0.1) is 0 Å². The minimum atomic E-state index is -2.86. The average Bonchev–Trinajstić information content (AvgIpc) is 2.25. The predicted octanol–water partition coefficient (Wildman–Crippen LogP) is -0.0406. The average molecular weight is 229 g/mol. The van der Waals surface area contributed by atoms with Crippen LogP contribution in [0.4, 0.5) is 0 Å². The second kappa shape index (κ2) is 6.28. The number of rotatable bonds is 6. The summed E-state index contributed by atoms with van der Waals surface area (Å²) in [6, 6.07) is 8.73. The summed E-state index contributed by atoms with van der Waals surface area (Å²) in [5.74, 6) is -0.111. The SMILES string of the molecule is O=C(CNCO[SH](=O)=O)c1ccccc1. The second-order valence-electron chi connectivity index (χ2n) is 2.71. The maximum atomic E-state index is 11.4. The molecule has 0 heterocycles. The fraction of sp³-hybridized carbons (Fsp3) is 0.222. The normalized spacial score (nSPS) is 10.5. The van der Waals surface area contributed by atoms with Crippen molar-refractivity contribution in [3.05, 3.63) is 35.9 Å². The third kappa shape index (κ3) is 4.68. The van der Waals surface area contributed by atoms with E-state index >= 15 is 0 Å². The number of thiol groups is 1. The first kappa shape index (κ1) is 11.8. The molecule has 0 saturated carbocycles. The van der Waals surface area contributed by atoms with Gasteiger partial charge >= 0.3 is 0 Å². The summed E-state index contributed by atoms with van der Waals surface area (Å²) < 4.78 is 24.2. The molecule has 0 saturated heterocycles. The third-order valence-corrected chi connectivity index (χ3v) is 1.99. The van der Waals surface area contributed by atoms with Gasteiger partial charge in [0.2, 0.25) is 0 Å². The van der Waals surface area contributed by atoms with Crippen molar-refractivity contribution >= 4 is 16.8 Å². The zero-order valence-electron chi connectivity index (χ0n) is 7.88. The fourth-order valence-corrected chi connectivity index (χ4v) is 1.19. The Bertz CT molecular complexity index is 380. The van der Waals surface area contributed by atoms with E-state index in [2.05, 4.69) is 9.50 Å². The first-order chi connectivity index (χ1) is 7.20. The zero-order chi connectivity index (χ0) is 11.1. The number of hydrogen-bond donors (Lipinski definition) is 2. The summed E-state index contributed by atoms with van der Waals surface area (Å²) >= 11 is 0. The van der Waals surface area contributed by atoms with E-state index in [9.17, 15) is 13.2 Å². The van der Waals surface area contributed by atoms with Crippen molar-refractivity contribution in [3.63, 3.8) is 0 Å². The van der Waals surface area contributed by atoms with Gasteiger partial charge in [-0.25, -0.2) is 8.42 Å². The van der Waals surface area contributed by atoms with Gasteiger partial charge in [0.1, 0.15) is 6.73 Å². The molecule has 0 spiro atoms. The Hall–Kier alpha value is -1.24. The predicted molar refractivity (Wildman–Crippen MR) is 55.0 cm³/mol.